The maximum absolute atomic E-state index is 12.7. The van der Waals surface area contributed by atoms with Crippen LogP contribution in [0.15, 0.2) is 12.4 Å². The van der Waals surface area contributed by atoms with Gasteiger partial charge in [0.05, 0.1) is 25.4 Å². The standard InChI is InChI=1S/C15H22N4O2S/c1-21-13-9-16-15(17-10-13)19-4-2-3-12(11-19)14(20)18-5-7-22-8-6-18/h9-10,12H,2-8,11H2,1H3. The number of thioether (sulfide) groups is 1. The van der Waals surface area contributed by atoms with Crippen molar-refractivity contribution in [3.63, 3.8) is 0 Å². The number of aromatic nitrogens is 2. The number of nitrogens with zero attached hydrogens (tertiary/aromatic N) is 4. The van der Waals surface area contributed by atoms with Gasteiger partial charge < -0.3 is 14.5 Å². The summed E-state index contributed by atoms with van der Waals surface area (Å²) in [5, 5.41) is 0. The third-order valence-electron chi connectivity index (χ3n) is 4.23. The molecule has 0 aliphatic carbocycles. The van der Waals surface area contributed by atoms with E-state index < -0.39 is 0 Å². The summed E-state index contributed by atoms with van der Waals surface area (Å²) in [5.41, 5.74) is 0. The number of rotatable bonds is 3. The number of anilines is 1. The quantitative estimate of drug-likeness (QED) is 0.835. The smallest absolute Gasteiger partial charge is 0.227 e. The molecule has 0 bridgehead atoms. The van der Waals surface area contributed by atoms with Gasteiger partial charge >= 0.3 is 0 Å². The number of hydrogen-bond donors (Lipinski definition) is 0. The summed E-state index contributed by atoms with van der Waals surface area (Å²) < 4.78 is 5.09. The topological polar surface area (TPSA) is 58.6 Å². The Morgan fingerprint density at radius 1 is 1.27 bits per heavy atom. The van der Waals surface area contributed by atoms with Gasteiger partial charge in [0.25, 0.3) is 0 Å². The van der Waals surface area contributed by atoms with E-state index in [1.807, 2.05) is 16.7 Å². The molecule has 2 aliphatic rings. The lowest BCUT2D eigenvalue weighted by Crippen LogP contribution is -2.47. The van der Waals surface area contributed by atoms with Crippen LogP contribution < -0.4 is 9.64 Å². The number of carbonyl (C=O) groups is 1. The largest absolute Gasteiger partial charge is 0.494 e. The van der Waals surface area contributed by atoms with E-state index in [4.69, 9.17) is 4.74 Å². The van der Waals surface area contributed by atoms with Crippen LogP contribution in [0.5, 0.6) is 5.75 Å². The first kappa shape index (κ1) is 15.4. The molecule has 0 N–H and O–H groups in total. The van der Waals surface area contributed by atoms with Gasteiger partial charge in [-0.05, 0) is 12.8 Å². The van der Waals surface area contributed by atoms with Gasteiger partial charge in [0.15, 0.2) is 5.75 Å². The average molecular weight is 322 g/mol. The summed E-state index contributed by atoms with van der Waals surface area (Å²) in [6.45, 7) is 3.40. The number of hydrogen-bond acceptors (Lipinski definition) is 6. The van der Waals surface area contributed by atoms with Crippen LogP contribution in [-0.4, -0.2) is 65.6 Å². The molecule has 2 saturated heterocycles. The van der Waals surface area contributed by atoms with Crippen LogP contribution >= 0.6 is 11.8 Å². The average Bonchev–Trinajstić information content (AvgIpc) is 2.62. The van der Waals surface area contributed by atoms with Crippen molar-refractivity contribution >= 4 is 23.6 Å². The van der Waals surface area contributed by atoms with Crippen LogP contribution in [0.2, 0.25) is 0 Å². The second kappa shape index (κ2) is 7.17. The molecule has 120 valence electrons. The van der Waals surface area contributed by atoms with Crippen molar-refractivity contribution in [2.45, 2.75) is 12.8 Å². The Morgan fingerprint density at radius 3 is 2.68 bits per heavy atom. The molecule has 3 rings (SSSR count). The van der Waals surface area contributed by atoms with Crippen molar-refractivity contribution in [2.75, 3.05) is 49.7 Å². The number of carbonyl (C=O) groups excluding carboxylic acids is 1. The van der Waals surface area contributed by atoms with Crippen molar-refractivity contribution in [3.05, 3.63) is 12.4 Å². The molecule has 6 nitrogen and oxygen atoms in total. The molecule has 3 heterocycles. The summed E-state index contributed by atoms with van der Waals surface area (Å²) in [5.74, 6) is 3.83. The van der Waals surface area contributed by atoms with Crippen molar-refractivity contribution in [3.8, 4) is 5.75 Å². The molecular weight excluding hydrogens is 300 g/mol. The van der Waals surface area contributed by atoms with E-state index >= 15 is 0 Å². The molecule has 1 unspecified atom stereocenters. The molecular formula is C15H22N4O2S. The van der Waals surface area contributed by atoms with E-state index in [0.717, 1.165) is 50.5 Å². The van der Waals surface area contributed by atoms with Crippen molar-refractivity contribution in [1.82, 2.24) is 14.9 Å². The van der Waals surface area contributed by atoms with Gasteiger partial charge in [-0.3, -0.25) is 4.79 Å². The molecule has 1 aromatic rings. The molecule has 1 atom stereocenters. The number of piperidine rings is 1. The minimum absolute atomic E-state index is 0.0718. The fourth-order valence-corrected chi connectivity index (χ4v) is 3.88. The summed E-state index contributed by atoms with van der Waals surface area (Å²) in [6, 6.07) is 0. The van der Waals surface area contributed by atoms with Crippen molar-refractivity contribution in [2.24, 2.45) is 5.92 Å². The summed E-state index contributed by atoms with van der Waals surface area (Å²) in [7, 11) is 1.60. The van der Waals surface area contributed by atoms with Crippen LogP contribution in [0.25, 0.3) is 0 Å². The zero-order valence-electron chi connectivity index (χ0n) is 12.9. The Labute approximate surface area is 135 Å². The monoisotopic (exact) mass is 322 g/mol. The molecule has 1 aromatic heterocycles. The van der Waals surface area contributed by atoms with Crippen LogP contribution in [0.1, 0.15) is 12.8 Å². The van der Waals surface area contributed by atoms with E-state index in [0.29, 0.717) is 17.6 Å². The van der Waals surface area contributed by atoms with Crippen molar-refractivity contribution in [1.29, 1.82) is 0 Å². The van der Waals surface area contributed by atoms with Crippen LogP contribution in [0.4, 0.5) is 5.95 Å². The zero-order valence-corrected chi connectivity index (χ0v) is 13.7. The summed E-state index contributed by atoms with van der Waals surface area (Å²) in [4.78, 5) is 25.5. The highest BCUT2D eigenvalue weighted by molar-refractivity contribution is 7.99. The first-order chi connectivity index (χ1) is 10.8. The van der Waals surface area contributed by atoms with E-state index in [1.165, 1.54) is 0 Å². The lowest BCUT2D eigenvalue weighted by Gasteiger charge is -2.36. The Hall–Kier alpha value is -1.50. The van der Waals surface area contributed by atoms with Gasteiger partial charge in [0.1, 0.15) is 0 Å². The second-order valence-electron chi connectivity index (χ2n) is 5.65. The predicted octanol–water partition coefficient (Wildman–Crippen LogP) is 1.28. The molecule has 1 amide bonds. The fourth-order valence-electron chi connectivity index (χ4n) is 2.98. The second-order valence-corrected chi connectivity index (χ2v) is 6.87. The summed E-state index contributed by atoms with van der Waals surface area (Å²) >= 11 is 1.93. The minimum atomic E-state index is 0.0718. The first-order valence-electron chi connectivity index (χ1n) is 7.75. The normalized spacial score (nSPS) is 22.5. The third-order valence-corrected chi connectivity index (χ3v) is 5.17. The van der Waals surface area contributed by atoms with Crippen LogP contribution in [0.3, 0.4) is 0 Å². The van der Waals surface area contributed by atoms with Gasteiger partial charge in [0.2, 0.25) is 11.9 Å². The highest BCUT2D eigenvalue weighted by Crippen LogP contribution is 2.23. The lowest BCUT2D eigenvalue weighted by molar-refractivity contribution is -0.135. The molecule has 0 saturated carbocycles. The van der Waals surface area contributed by atoms with Crippen LogP contribution in [0, 0.1) is 5.92 Å². The molecule has 22 heavy (non-hydrogen) atoms. The SMILES string of the molecule is COc1cnc(N2CCCC(C(=O)N3CCSCC3)C2)nc1. The molecule has 0 aromatic carbocycles. The van der Waals surface area contributed by atoms with Gasteiger partial charge in [-0.15, -0.1) is 0 Å². The van der Waals surface area contributed by atoms with Crippen LogP contribution in [-0.2, 0) is 4.79 Å². The molecule has 0 radical (unpaired) electrons. The maximum Gasteiger partial charge on any atom is 0.227 e. The first-order valence-corrected chi connectivity index (χ1v) is 8.91. The molecule has 7 heteroatoms. The Bertz CT molecular complexity index is 505. The van der Waals surface area contributed by atoms with E-state index in [9.17, 15) is 4.79 Å². The third kappa shape index (κ3) is 3.45. The zero-order chi connectivity index (χ0) is 15.4. The molecule has 2 fully saturated rings. The van der Waals surface area contributed by atoms with Crippen molar-refractivity contribution < 1.29 is 9.53 Å². The number of methoxy groups -OCH3 is 1. The Morgan fingerprint density at radius 2 is 2.00 bits per heavy atom. The van der Waals surface area contributed by atoms with Gasteiger partial charge in [-0.1, -0.05) is 0 Å². The van der Waals surface area contributed by atoms with E-state index in [2.05, 4.69) is 14.9 Å². The maximum atomic E-state index is 12.7. The minimum Gasteiger partial charge on any atom is -0.494 e. The predicted molar refractivity (Wildman–Crippen MR) is 87.4 cm³/mol. The Kier molecular flexibility index (Phi) is 5.02. The van der Waals surface area contributed by atoms with Gasteiger partial charge in [-0.2, -0.15) is 11.8 Å². The highest BCUT2D eigenvalue weighted by Gasteiger charge is 2.30. The van der Waals surface area contributed by atoms with Gasteiger partial charge in [0, 0.05) is 37.7 Å². The molecule has 2 aliphatic heterocycles. The summed E-state index contributed by atoms with van der Waals surface area (Å²) in [6.07, 6.45) is 5.33. The van der Waals surface area contributed by atoms with E-state index in [-0.39, 0.29) is 5.92 Å². The fraction of sp³-hybridized carbons (Fsp3) is 0.667. The number of amides is 1. The lowest BCUT2D eigenvalue weighted by atomic mass is 9.96. The molecule has 0 spiro atoms. The van der Waals surface area contributed by atoms with E-state index in [1.54, 1.807) is 19.5 Å². The Balaban J connectivity index is 1.64. The highest BCUT2D eigenvalue weighted by atomic mass is 32.2. The van der Waals surface area contributed by atoms with Gasteiger partial charge in [-0.25, -0.2) is 9.97 Å². The number of ether oxygens (including phenoxy) is 1.